The first-order valence-electron chi connectivity index (χ1n) is 7.36. The van der Waals surface area contributed by atoms with Gasteiger partial charge in [-0.2, -0.15) is 5.26 Å². The zero-order chi connectivity index (χ0) is 14.8. The average Bonchev–Trinajstić information content (AvgIpc) is 3.34. The van der Waals surface area contributed by atoms with Crippen molar-refractivity contribution in [2.24, 2.45) is 0 Å². The molecule has 106 valence electrons. The monoisotopic (exact) mass is 278 g/mol. The van der Waals surface area contributed by atoms with Crippen LogP contribution in [0.15, 0.2) is 24.3 Å². The van der Waals surface area contributed by atoms with Gasteiger partial charge in [-0.3, -0.25) is 0 Å². The molecule has 0 radical (unpaired) electrons. The van der Waals surface area contributed by atoms with E-state index in [4.69, 9.17) is 10.2 Å². The first kappa shape index (κ1) is 13.6. The maximum Gasteiger partial charge on any atom is 0.134 e. The van der Waals surface area contributed by atoms with Crippen molar-refractivity contribution in [3.8, 4) is 17.3 Å². The molecule has 1 aliphatic carbocycles. The molecule has 0 saturated heterocycles. The van der Waals surface area contributed by atoms with E-state index in [2.05, 4.69) is 23.3 Å². The van der Waals surface area contributed by atoms with Crippen LogP contribution in [0.1, 0.15) is 42.6 Å². The fourth-order valence-electron chi connectivity index (χ4n) is 2.41. The smallest absolute Gasteiger partial charge is 0.134 e. The van der Waals surface area contributed by atoms with Crippen molar-refractivity contribution in [1.82, 2.24) is 9.97 Å². The lowest BCUT2D eigenvalue weighted by Crippen LogP contribution is -2.07. The lowest BCUT2D eigenvalue weighted by atomic mass is 10.0. The first-order valence-corrected chi connectivity index (χ1v) is 7.36. The molecular weight excluding hydrogens is 260 g/mol. The molecule has 1 N–H and O–H groups in total. The highest BCUT2D eigenvalue weighted by Gasteiger charge is 2.28. The van der Waals surface area contributed by atoms with Gasteiger partial charge in [0.05, 0.1) is 17.3 Å². The maximum absolute atomic E-state index is 9.07. The van der Waals surface area contributed by atoms with Crippen LogP contribution in [-0.4, -0.2) is 16.5 Å². The van der Waals surface area contributed by atoms with Crippen LogP contribution in [0.2, 0.25) is 0 Å². The second-order valence-electron chi connectivity index (χ2n) is 5.40. The van der Waals surface area contributed by atoms with Gasteiger partial charge in [0.15, 0.2) is 0 Å². The molecule has 1 aliphatic rings. The number of nitriles is 1. The fourth-order valence-corrected chi connectivity index (χ4v) is 2.41. The molecule has 3 rings (SSSR count). The van der Waals surface area contributed by atoms with Crippen molar-refractivity contribution in [2.75, 3.05) is 11.9 Å². The number of nitrogens with zero attached hydrogens (tertiary/aromatic N) is 3. The second kappa shape index (κ2) is 5.53. The van der Waals surface area contributed by atoms with Gasteiger partial charge in [-0.05, 0) is 38.8 Å². The van der Waals surface area contributed by atoms with E-state index >= 15 is 0 Å². The molecule has 0 spiro atoms. The second-order valence-corrected chi connectivity index (χ2v) is 5.40. The molecule has 21 heavy (non-hydrogen) atoms. The molecule has 4 nitrogen and oxygen atoms in total. The number of hydrogen-bond donors (Lipinski definition) is 1. The quantitative estimate of drug-likeness (QED) is 0.927. The van der Waals surface area contributed by atoms with E-state index in [1.54, 1.807) is 0 Å². The molecule has 0 bridgehead atoms. The normalized spacial score (nSPS) is 13.8. The summed E-state index contributed by atoms with van der Waals surface area (Å²) in [6, 6.07) is 9.79. The van der Waals surface area contributed by atoms with Crippen LogP contribution in [0.5, 0.6) is 0 Å². The van der Waals surface area contributed by atoms with Crippen LogP contribution in [0.4, 0.5) is 5.82 Å². The maximum atomic E-state index is 9.07. The molecule has 1 heterocycles. The molecule has 1 aromatic carbocycles. The van der Waals surface area contributed by atoms with Gasteiger partial charge in [0.25, 0.3) is 0 Å². The molecule has 1 fully saturated rings. The molecule has 0 atom stereocenters. The van der Waals surface area contributed by atoms with Gasteiger partial charge in [-0.25, -0.2) is 9.97 Å². The predicted octanol–water partition coefficient (Wildman–Crippen LogP) is 3.63. The van der Waals surface area contributed by atoms with Crippen LogP contribution in [0.3, 0.4) is 0 Å². The Morgan fingerprint density at radius 1 is 1.33 bits per heavy atom. The van der Waals surface area contributed by atoms with Crippen molar-refractivity contribution in [3.63, 3.8) is 0 Å². The Hall–Kier alpha value is -2.41. The Morgan fingerprint density at radius 2 is 2.14 bits per heavy atom. The average molecular weight is 278 g/mol. The number of benzene rings is 1. The van der Waals surface area contributed by atoms with E-state index in [0.29, 0.717) is 11.5 Å². The molecule has 1 aromatic heterocycles. The highest BCUT2D eigenvalue weighted by Crippen LogP contribution is 2.40. The van der Waals surface area contributed by atoms with Crippen LogP contribution in [-0.2, 0) is 0 Å². The Balaban J connectivity index is 2.13. The predicted molar refractivity (Wildman–Crippen MR) is 83.1 cm³/mol. The minimum absolute atomic E-state index is 0.501. The minimum atomic E-state index is 0.501. The highest BCUT2D eigenvalue weighted by atomic mass is 15.0. The van der Waals surface area contributed by atoms with E-state index in [-0.39, 0.29) is 0 Å². The van der Waals surface area contributed by atoms with Crippen molar-refractivity contribution in [3.05, 3.63) is 41.2 Å². The molecule has 0 amide bonds. The van der Waals surface area contributed by atoms with E-state index < -0.39 is 0 Å². The third-order valence-electron chi connectivity index (χ3n) is 3.71. The SMILES string of the molecule is CCNc1nc(C2CC2)nc(-c2cccc(C#N)c2)c1C. The summed E-state index contributed by atoms with van der Waals surface area (Å²) in [7, 11) is 0. The van der Waals surface area contributed by atoms with Crippen LogP contribution in [0.25, 0.3) is 11.3 Å². The largest absolute Gasteiger partial charge is 0.370 e. The number of rotatable bonds is 4. The summed E-state index contributed by atoms with van der Waals surface area (Å²) in [5, 5.41) is 12.4. The topological polar surface area (TPSA) is 61.6 Å². The van der Waals surface area contributed by atoms with Crippen molar-refractivity contribution < 1.29 is 0 Å². The molecule has 0 aliphatic heterocycles. The van der Waals surface area contributed by atoms with E-state index in [0.717, 1.165) is 35.0 Å². The standard InChI is InChI=1S/C17H18N4/c1-3-19-16-11(2)15(20-17(21-16)13-7-8-13)14-6-4-5-12(9-14)10-18/h4-6,9,13H,3,7-8H2,1-2H3,(H,19,20,21). The van der Waals surface area contributed by atoms with Gasteiger partial charge in [0.1, 0.15) is 11.6 Å². The van der Waals surface area contributed by atoms with Crippen LogP contribution in [0, 0.1) is 18.3 Å². The van der Waals surface area contributed by atoms with E-state index in [1.807, 2.05) is 31.2 Å². The van der Waals surface area contributed by atoms with Crippen LogP contribution >= 0.6 is 0 Å². The summed E-state index contributed by atoms with van der Waals surface area (Å²) in [6.45, 7) is 4.93. The number of aromatic nitrogens is 2. The summed E-state index contributed by atoms with van der Waals surface area (Å²) >= 11 is 0. The van der Waals surface area contributed by atoms with Crippen molar-refractivity contribution in [2.45, 2.75) is 32.6 Å². The summed E-state index contributed by atoms with van der Waals surface area (Å²) < 4.78 is 0. The number of anilines is 1. The third kappa shape index (κ3) is 2.73. The summed E-state index contributed by atoms with van der Waals surface area (Å²) in [5.74, 6) is 2.33. The Labute approximate surface area is 124 Å². The molecule has 1 saturated carbocycles. The molecule has 4 heteroatoms. The lowest BCUT2D eigenvalue weighted by Gasteiger charge is -2.13. The molecule has 0 unspecified atom stereocenters. The summed E-state index contributed by atoms with van der Waals surface area (Å²) in [5.41, 5.74) is 3.61. The van der Waals surface area contributed by atoms with Gasteiger partial charge in [0.2, 0.25) is 0 Å². The summed E-state index contributed by atoms with van der Waals surface area (Å²) in [4.78, 5) is 9.43. The van der Waals surface area contributed by atoms with Gasteiger partial charge in [-0.1, -0.05) is 12.1 Å². The zero-order valence-electron chi connectivity index (χ0n) is 12.3. The molecule has 2 aromatic rings. The number of nitrogens with one attached hydrogen (secondary N) is 1. The van der Waals surface area contributed by atoms with E-state index in [9.17, 15) is 0 Å². The zero-order valence-corrected chi connectivity index (χ0v) is 12.3. The van der Waals surface area contributed by atoms with Crippen molar-refractivity contribution in [1.29, 1.82) is 5.26 Å². The minimum Gasteiger partial charge on any atom is -0.370 e. The fraction of sp³-hybridized carbons (Fsp3) is 0.353. The van der Waals surface area contributed by atoms with Gasteiger partial charge in [-0.15, -0.1) is 0 Å². The number of hydrogen-bond acceptors (Lipinski definition) is 4. The highest BCUT2D eigenvalue weighted by molar-refractivity contribution is 5.69. The van der Waals surface area contributed by atoms with Gasteiger partial charge >= 0.3 is 0 Å². The first-order chi connectivity index (χ1) is 10.2. The van der Waals surface area contributed by atoms with E-state index in [1.165, 1.54) is 12.8 Å². The van der Waals surface area contributed by atoms with Crippen LogP contribution < -0.4 is 5.32 Å². The lowest BCUT2D eigenvalue weighted by molar-refractivity contribution is 0.918. The third-order valence-corrected chi connectivity index (χ3v) is 3.71. The Kier molecular flexibility index (Phi) is 3.57. The van der Waals surface area contributed by atoms with Gasteiger partial charge < -0.3 is 5.32 Å². The Morgan fingerprint density at radius 3 is 2.81 bits per heavy atom. The summed E-state index contributed by atoms with van der Waals surface area (Å²) in [6.07, 6.45) is 2.35. The Bertz CT molecular complexity index is 711. The molecular formula is C17H18N4. The van der Waals surface area contributed by atoms with Crippen molar-refractivity contribution >= 4 is 5.82 Å². The van der Waals surface area contributed by atoms with Gasteiger partial charge in [0, 0.05) is 23.6 Å².